The Balaban J connectivity index is 1.96. The van der Waals surface area contributed by atoms with E-state index < -0.39 is 0 Å². The van der Waals surface area contributed by atoms with Gasteiger partial charge in [-0.05, 0) is 30.5 Å². The number of hydrogen-bond acceptors (Lipinski definition) is 1. The summed E-state index contributed by atoms with van der Waals surface area (Å²) in [5.41, 5.74) is 0.891. The van der Waals surface area contributed by atoms with Crippen molar-refractivity contribution >= 4 is 40.7 Å². The zero-order valence-corrected chi connectivity index (χ0v) is 12.1. The largest absolute Gasteiger partial charge is 0.342 e. The van der Waals surface area contributed by atoms with Gasteiger partial charge in [0.2, 0.25) is 5.91 Å². The normalized spacial score (nSPS) is 16.9. The number of benzene rings is 1. The molecule has 2 nitrogen and oxygen atoms in total. The van der Waals surface area contributed by atoms with Crippen LogP contribution in [0.5, 0.6) is 0 Å². The van der Waals surface area contributed by atoms with Gasteiger partial charge in [-0.3, -0.25) is 4.79 Å². The molecule has 1 aromatic rings. The van der Waals surface area contributed by atoms with Crippen molar-refractivity contribution in [1.29, 1.82) is 0 Å². The highest BCUT2D eigenvalue weighted by Crippen LogP contribution is 2.23. The van der Waals surface area contributed by atoms with Gasteiger partial charge in [-0.25, -0.2) is 0 Å². The van der Waals surface area contributed by atoms with E-state index in [4.69, 9.17) is 34.8 Å². The predicted molar refractivity (Wildman–Crippen MR) is 75.6 cm³/mol. The Morgan fingerprint density at radius 2 is 1.89 bits per heavy atom. The number of nitrogens with zero attached hydrogens (tertiary/aromatic N) is 1. The van der Waals surface area contributed by atoms with E-state index in [0.717, 1.165) is 31.5 Å². The Morgan fingerprint density at radius 1 is 1.22 bits per heavy atom. The summed E-state index contributed by atoms with van der Waals surface area (Å²) in [5.74, 6) is 0.122. The second kappa shape index (κ2) is 6.14. The molecule has 0 bridgehead atoms. The molecule has 5 heteroatoms. The highest BCUT2D eigenvalue weighted by Gasteiger charge is 2.21. The lowest BCUT2D eigenvalue weighted by atomic mass is 10.1. The van der Waals surface area contributed by atoms with E-state index in [-0.39, 0.29) is 11.3 Å². The van der Waals surface area contributed by atoms with E-state index in [0.29, 0.717) is 16.5 Å². The van der Waals surface area contributed by atoms with E-state index in [2.05, 4.69) is 0 Å². The maximum absolute atomic E-state index is 12.1. The van der Waals surface area contributed by atoms with Crippen molar-refractivity contribution in [3.05, 3.63) is 33.8 Å². The summed E-state index contributed by atoms with van der Waals surface area (Å²) in [5, 5.41) is 1.20. The number of carbonyl (C=O) groups excluding carboxylic acids is 1. The fourth-order valence-corrected chi connectivity index (χ4v) is 2.55. The van der Waals surface area contributed by atoms with E-state index in [1.54, 1.807) is 12.1 Å². The van der Waals surface area contributed by atoms with Gasteiger partial charge >= 0.3 is 0 Å². The number of alkyl halides is 1. The molecule has 1 aromatic carbocycles. The van der Waals surface area contributed by atoms with Gasteiger partial charge in [-0.2, -0.15) is 0 Å². The Hall–Kier alpha value is -0.440. The van der Waals surface area contributed by atoms with Crippen LogP contribution >= 0.6 is 34.8 Å². The maximum atomic E-state index is 12.1. The predicted octanol–water partition coefficient (Wildman–Crippen LogP) is 3.77. The van der Waals surface area contributed by atoms with Gasteiger partial charge in [0.05, 0.1) is 16.5 Å². The number of carbonyl (C=O) groups is 1. The van der Waals surface area contributed by atoms with Gasteiger partial charge < -0.3 is 4.90 Å². The Morgan fingerprint density at radius 3 is 2.50 bits per heavy atom. The van der Waals surface area contributed by atoms with Crippen molar-refractivity contribution in [3.8, 4) is 0 Å². The van der Waals surface area contributed by atoms with Gasteiger partial charge in [0, 0.05) is 18.5 Å². The summed E-state index contributed by atoms with van der Waals surface area (Å²) in [7, 11) is 0. The highest BCUT2D eigenvalue weighted by molar-refractivity contribution is 6.42. The molecule has 18 heavy (non-hydrogen) atoms. The smallest absolute Gasteiger partial charge is 0.226 e. The summed E-state index contributed by atoms with van der Waals surface area (Å²) in [6.45, 7) is 1.49. The SMILES string of the molecule is O=C(Cc1ccc(Cl)c(Cl)c1)N1CCC(Cl)CC1. The first-order valence-corrected chi connectivity index (χ1v) is 7.11. The second-order valence-electron chi connectivity index (χ2n) is 4.48. The number of likely N-dealkylation sites (tertiary alicyclic amines) is 1. The number of hydrogen-bond donors (Lipinski definition) is 0. The topological polar surface area (TPSA) is 20.3 Å². The van der Waals surface area contributed by atoms with Crippen LogP contribution in [0, 0.1) is 0 Å². The zero-order chi connectivity index (χ0) is 13.1. The van der Waals surface area contributed by atoms with E-state index >= 15 is 0 Å². The van der Waals surface area contributed by atoms with Gasteiger partial charge in [-0.15, -0.1) is 11.6 Å². The van der Waals surface area contributed by atoms with Crippen molar-refractivity contribution in [3.63, 3.8) is 0 Å². The molecular weight excluding hydrogens is 293 g/mol. The molecule has 0 atom stereocenters. The average molecular weight is 307 g/mol. The van der Waals surface area contributed by atoms with Gasteiger partial charge in [0.1, 0.15) is 0 Å². The minimum atomic E-state index is 0.122. The third-order valence-electron chi connectivity index (χ3n) is 3.12. The van der Waals surface area contributed by atoms with Crippen LogP contribution < -0.4 is 0 Å². The lowest BCUT2D eigenvalue weighted by Crippen LogP contribution is -2.39. The van der Waals surface area contributed by atoms with E-state index in [9.17, 15) is 4.79 Å². The first kappa shape index (κ1) is 14.0. The van der Waals surface area contributed by atoms with Gasteiger partial charge in [0.15, 0.2) is 0 Å². The fourth-order valence-electron chi connectivity index (χ4n) is 2.03. The van der Waals surface area contributed by atoms with Crippen LogP contribution in [0.25, 0.3) is 0 Å². The van der Waals surface area contributed by atoms with E-state index in [1.165, 1.54) is 0 Å². The van der Waals surface area contributed by atoms with Crippen LogP contribution in [0.15, 0.2) is 18.2 Å². The molecule has 0 saturated carbocycles. The van der Waals surface area contributed by atoms with Crippen LogP contribution in [-0.4, -0.2) is 29.3 Å². The van der Waals surface area contributed by atoms with E-state index in [1.807, 2.05) is 11.0 Å². The molecule has 98 valence electrons. The standard InChI is InChI=1S/C13H14Cl3NO/c14-10-3-5-17(6-4-10)13(18)8-9-1-2-11(15)12(16)7-9/h1-2,7,10H,3-6,8H2. The Kier molecular flexibility index (Phi) is 4.77. The molecule has 1 fully saturated rings. The third kappa shape index (κ3) is 3.53. The summed E-state index contributed by atoms with van der Waals surface area (Å²) in [4.78, 5) is 13.9. The number of piperidine rings is 1. The summed E-state index contributed by atoms with van der Waals surface area (Å²) in [6.07, 6.45) is 2.10. The molecule has 0 spiro atoms. The molecule has 0 aliphatic carbocycles. The third-order valence-corrected chi connectivity index (χ3v) is 4.29. The first-order valence-electron chi connectivity index (χ1n) is 5.92. The maximum Gasteiger partial charge on any atom is 0.226 e. The molecule has 1 saturated heterocycles. The molecule has 0 unspecified atom stereocenters. The molecule has 0 aromatic heterocycles. The van der Waals surface area contributed by atoms with Crippen LogP contribution in [0.3, 0.4) is 0 Å². The lowest BCUT2D eigenvalue weighted by Gasteiger charge is -2.29. The molecule has 0 radical (unpaired) electrons. The van der Waals surface area contributed by atoms with Crippen molar-refractivity contribution < 1.29 is 4.79 Å². The van der Waals surface area contributed by atoms with Crippen LogP contribution in [0.1, 0.15) is 18.4 Å². The molecule has 1 amide bonds. The summed E-state index contributed by atoms with van der Waals surface area (Å²) in [6, 6.07) is 5.30. The Bertz CT molecular complexity index is 442. The zero-order valence-electron chi connectivity index (χ0n) is 9.83. The molecule has 0 N–H and O–H groups in total. The van der Waals surface area contributed by atoms with Gasteiger partial charge in [0.25, 0.3) is 0 Å². The Labute approximate surface area is 122 Å². The number of rotatable bonds is 2. The number of halogens is 3. The first-order chi connectivity index (χ1) is 8.56. The molecule has 1 heterocycles. The van der Waals surface area contributed by atoms with Crippen LogP contribution in [-0.2, 0) is 11.2 Å². The molecule has 2 rings (SSSR count). The van der Waals surface area contributed by atoms with Crippen molar-refractivity contribution in [2.75, 3.05) is 13.1 Å². The van der Waals surface area contributed by atoms with Crippen LogP contribution in [0.2, 0.25) is 10.0 Å². The number of amides is 1. The van der Waals surface area contributed by atoms with Crippen molar-refractivity contribution in [2.24, 2.45) is 0 Å². The monoisotopic (exact) mass is 305 g/mol. The molecule has 1 aliphatic rings. The van der Waals surface area contributed by atoms with Crippen molar-refractivity contribution in [2.45, 2.75) is 24.6 Å². The minimum Gasteiger partial charge on any atom is -0.342 e. The second-order valence-corrected chi connectivity index (χ2v) is 5.91. The highest BCUT2D eigenvalue weighted by atomic mass is 35.5. The minimum absolute atomic E-state index is 0.122. The van der Waals surface area contributed by atoms with Crippen LogP contribution in [0.4, 0.5) is 0 Å². The van der Waals surface area contributed by atoms with Gasteiger partial charge in [-0.1, -0.05) is 29.3 Å². The summed E-state index contributed by atoms with van der Waals surface area (Å²) >= 11 is 17.8. The molecular formula is C13H14Cl3NO. The van der Waals surface area contributed by atoms with Crippen molar-refractivity contribution in [1.82, 2.24) is 4.90 Å². The fraction of sp³-hybridized carbons (Fsp3) is 0.462. The lowest BCUT2D eigenvalue weighted by molar-refractivity contribution is -0.131. The quantitative estimate of drug-likeness (QED) is 0.762. The molecule has 1 aliphatic heterocycles. The summed E-state index contributed by atoms with van der Waals surface area (Å²) < 4.78 is 0. The average Bonchev–Trinajstić information content (AvgIpc) is 2.34.